The van der Waals surface area contributed by atoms with Crippen LogP contribution in [0.5, 0.6) is 0 Å². The van der Waals surface area contributed by atoms with Crippen LogP contribution in [0.2, 0.25) is 0 Å². The number of H-pyrrole nitrogens is 1. The molecule has 0 fully saturated rings. The molecule has 3 nitrogen and oxygen atoms in total. The van der Waals surface area contributed by atoms with Crippen molar-refractivity contribution in [2.24, 2.45) is 0 Å². The van der Waals surface area contributed by atoms with Crippen LogP contribution < -0.4 is 0 Å². The van der Waals surface area contributed by atoms with Crippen LogP contribution in [0.15, 0.2) is 29.4 Å². The van der Waals surface area contributed by atoms with E-state index in [0.717, 1.165) is 23.0 Å². The molecule has 0 amide bonds. The molecule has 0 aliphatic heterocycles. The highest BCUT2D eigenvalue weighted by Gasteiger charge is 2.11. The average molecular weight is 251 g/mol. The molecule has 1 aromatic heterocycles. The minimum Gasteiger partial charge on any atom is -0.262 e. The maximum Gasteiger partial charge on any atom is 0.209 e. The summed E-state index contributed by atoms with van der Waals surface area (Å²) in [5.41, 5.74) is 1.07. The van der Waals surface area contributed by atoms with Crippen molar-refractivity contribution < 1.29 is 4.39 Å². The first-order valence-corrected chi connectivity index (χ1v) is 6.40. The van der Waals surface area contributed by atoms with Gasteiger partial charge in [-0.2, -0.15) is 0 Å². The number of aromatic nitrogens is 3. The zero-order chi connectivity index (χ0) is 12.3. The van der Waals surface area contributed by atoms with E-state index >= 15 is 0 Å². The highest BCUT2D eigenvalue weighted by Crippen LogP contribution is 2.32. The predicted octanol–water partition coefficient (Wildman–Crippen LogP) is 3.36. The second-order valence-corrected chi connectivity index (χ2v) is 5.04. The molecular formula is C12H14FN3S. The van der Waals surface area contributed by atoms with Crippen molar-refractivity contribution in [3.8, 4) is 0 Å². The highest BCUT2D eigenvalue weighted by atomic mass is 32.2. The van der Waals surface area contributed by atoms with Crippen molar-refractivity contribution >= 4 is 11.8 Å². The van der Waals surface area contributed by atoms with E-state index in [0.29, 0.717) is 0 Å². The van der Waals surface area contributed by atoms with Gasteiger partial charge < -0.3 is 0 Å². The van der Waals surface area contributed by atoms with E-state index in [9.17, 15) is 4.39 Å². The molecule has 1 aromatic carbocycles. The lowest BCUT2D eigenvalue weighted by Gasteiger charge is -2.08. The second kappa shape index (κ2) is 5.31. The Morgan fingerprint density at radius 3 is 2.65 bits per heavy atom. The number of aryl methyl sites for hydroxylation is 1. The number of benzene rings is 1. The molecule has 0 aliphatic carbocycles. The van der Waals surface area contributed by atoms with Crippen molar-refractivity contribution in [2.45, 2.75) is 30.7 Å². The van der Waals surface area contributed by atoms with Crippen LogP contribution >= 0.6 is 11.8 Å². The van der Waals surface area contributed by atoms with E-state index in [1.54, 1.807) is 23.9 Å². The molecule has 90 valence electrons. The topological polar surface area (TPSA) is 41.6 Å². The van der Waals surface area contributed by atoms with Gasteiger partial charge >= 0.3 is 0 Å². The normalized spacial score (nSPS) is 12.6. The first-order chi connectivity index (χ1) is 8.19. The third-order valence-electron chi connectivity index (χ3n) is 2.47. The van der Waals surface area contributed by atoms with Gasteiger partial charge in [-0.25, -0.2) is 9.37 Å². The standard InChI is InChI=1S/C12H14FN3S/c1-3-11-14-12(16-15-11)17-8(2)9-4-6-10(13)7-5-9/h4-8H,3H2,1-2H3,(H,14,15,16)/t8-/m1/s1. The fraction of sp³-hybridized carbons (Fsp3) is 0.333. The minimum atomic E-state index is -0.211. The number of nitrogens with one attached hydrogen (secondary N) is 1. The maximum atomic E-state index is 12.8. The van der Waals surface area contributed by atoms with Gasteiger partial charge in [0.15, 0.2) is 0 Å². The van der Waals surface area contributed by atoms with Crippen molar-refractivity contribution in [3.63, 3.8) is 0 Å². The monoisotopic (exact) mass is 251 g/mol. The van der Waals surface area contributed by atoms with Gasteiger partial charge in [-0.05, 0) is 24.6 Å². The summed E-state index contributed by atoms with van der Waals surface area (Å²) in [7, 11) is 0. The molecule has 1 N–H and O–H groups in total. The van der Waals surface area contributed by atoms with Gasteiger partial charge in [0.05, 0.1) is 0 Å². The Morgan fingerprint density at radius 2 is 2.06 bits per heavy atom. The maximum absolute atomic E-state index is 12.8. The van der Waals surface area contributed by atoms with Crippen LogP contribution in [0, 0.1) is 5.82 Å². The Balaban J connectivity index is 2.05. The van der Waals surface area contributed by atoms with E-state index in [1.165, 1.54) is 12.1 Å². The van der Waals surface area contributed by atoms with Gasteiger partial charge in [0.2, 0.25) is 5.16 Å². The molecular weight excluding hydrogens is 237 g/mol. The lowest BCUT2D eigenvalue weighted by atomic mass is 10.2. The second-order valence-electron chi connectivity index (χ2n) is 3.73. The minimum absolute atomic E-state index is 0.205. The lowest BCUT2D eigenvalue weighted by Crippen LogP contribution is -1.89. The zero-order valence-corrected chi connectivity index (χ0v) is 10.6. The number of aromatic amines is 1. The molecule has 0 radical (unpaired) electrons. The molecule has 0 bridgehead atoms. The lowest BCUT2D eigenvalue weighted by molar-refractivity contribution is 0.627. The van der Waals surface area contributed by atoms with Gasteiger partial charge in [0.1, 0.15) is 11.6 Å². The number of hydrogen-bond donors (Lipinski definition) is 1. The summed E-state index contributed by atoms with van der Waals surface area (Å²) in [6.45, 7) is 4.08. The number of thioether (sulfide) groups is 1. The van der Waals surface area contributed by atoms with Crippen LogP contribution in [-0.4, -0.2) is 15.2 Å². The molecule has 17 heavy (non-hydrogen) atoms. The van der Waals surface area contributed by atoms with E-state index in [1.807, 2.05) is 6.92 Å². The Kier molecular flexibility index (Phi) is 3.78. The summed E-state index contributed by atoms with van der Waals surface area (Å²) in [5.74, 6) is 0.677. The summed E-state index contributed by atoms with van der Waals surface area (Å²) < 4.78 is 12.8. The van der Waals surface area contributed by atoms with Crippen LogP contribution in [-0.2, 0) is 6.42 Å². The molecule has 1 atom stereocenters. The van der Waals surface area contributed by atoms with E-state index in [4.69, 9.17) is 0 Å². The molecule has 1 heterocycles. The fourth-order valence-electron chi connectivity index (χ4n) is 1.45. The third-order valence-corrected chi connectivity index (χ3v) is 3.49. The number of nitrogens with zero attached hydrogens (tertiary/aromatic N) is 2. The van der Waals surface area contributed by atoms with Crippen LogP contribution in [0.3, 0.4) is 0 Å². The quantitative estimate of drug-likeness (QED) is 0.847. The third kappa shape index (κ3) is 3.06. The summed E-state index contributed by atoms with van der Waals surface area (Å²) in [6.07, 6.45) is 0.846. The van der Waals surface area contributed by atoms with Crippen LogP contribution in [0.4, 0.5) is 4.39 Å². The summed E-state index contributed by atoms with van der Waals surface area (Å²) in [6, 6.07) is 6.53. The van der Waals surface area contributed by atoms with Crippen LogP contribution in [0.25, 0.3) is 0 Å². The first-order valence-electron chi connectivity index (χ1n) is 5.52. The first kappa shape index (κ1) is 12.1. The van der Waals surface area contributed by atoms with Gasteiger partial charge in [-0.15, -0.1) is 5.10 Å². The van der Waals surface area contributed by atoms with E-state index < -0.39 is 0 Å². The van der Waals surface area contributed by atoms with Crippen LogP contribution in [0.1, 0.15) is 30.5 Å². The van der Waals surface area contributed by atoms with Gasteiger partial charge in [-0.3, -0.25) is 5.10 Å². The van der Waals surface area contributed by atoms with Gasteiger partial charge in [0, 0.05) is 11.7 Å². The molecule has 2 aromatic rings. The predicted molar refractivity (Wildman–Crippen MR) is 66.4 cm³/mol. The molecule has 0 spiro atoms. The van der Waals surface area contributed by atoms with E-state index in [2.05, 4.69) is 22.1 Å². The largest absolute Gasteiger partial charge is 0.262 e. The fourth-order valence-corrected chi connectivity index (χ4v) is 2.32. The average Bonchev–Trinajstić information content (AvgIpc) is 2.77. The summed E-state index contributed by atoms with van der Waals surface area (Å²) in [5, 5.41) is 7.94. The Bertz CT molecular complexity index is 481. The Hall–Kier alpha value is -1.36. The Morgan fingerprint density at radius 1 is 1.35 bits per heavy atom. The molecule has 0 unspecified atom stereocenters. The Labute approximate surface area is 104 Å². The molecule has 2 rings (SSSR count). The van der Waals surface area contributed by atoms with Crippen molar-refractivity contribution in [1.82, 2.24) is 15.2 Å². The molecule has 0 saturated carbocycles. The SMILES string of the molecule is CCc1nc(S[C@H](C)c2ccc(F)cc2)n[nH]1. The van der Waals surface area contributed by atoms with Crippen molar-refractivity contribution in [3.05, 3.63) is 41.5 Å². The molecule has 0 saturated heterocycles. The smallest absolute Gasteiger partial charge is 0.209 e. The zero-order valence-electron chi connectivity index (χ0n) is 9.77. The van der Waals surface area contributed by atoms with Crippen molar-refractivity contribution in [1.29, 1.82) is 0 Å². The molecule has 0 aliphatic rings. The number of hydrogen-bond acceptors (Lipinski definition) is 3. The van der Waals surface area contributed by atoms with Crippen molar-refractivity contribution in [2.75, 3.05) is 0 Å². The molecule has 5 heteroatoms. The van der Waals surface area contributed by atoms with Gasteiger partial charge in [0.25, 0.3) is 0 Å². The van der Waals surface area contributed by atoms with E-state index in [-0.39, 0.29) is 11.1 Å². The highest BCUT2D eigenvalue weighted by molar-refractivity contribution is 7.99. The number of rotatable bonds is 4. The number of halogens is 1. The van der Waals surface area contributed by atoms with Gasteiger partial charge in [-0.1, -0.05) is 30.8 Å². The summed E-state index contributed by atoms with van der Waals surface area (Å²) in [4.78, 5) is 4.33. The summed E-state index contributed by atoms with van der Waals surface area (Å²) >= 11 is 1.56.